The summed E-state index contributed by atoms with van der Waals surface area (Å²) in [6, 6.07) is 8.62. The van der Waals surface area contributed by atoms with Gasteiger partial charge in [-0.15, -0.1) is 0 Å². The zero-order valence-electron chi connectivity index (χ0n) is 13.3. The van der Waals surface area contributed by atoms with Crippen LogP contribution in [0.2, 0.25) is 0 Å². The van der Waals surface area contributed by atoms with Crippen molar-refractivity contribution in [3.63, 3.8) is 0 Å². The van der Waals surface area contributed by atoms with Crippen LogP contribution >= 0.6 is 0 Å². The molecule has 2 heteroatoms. The van der Waals surface area contributed by atoms with E-state index in [1.54, 1.807) is 14.2 Å². The smallest absolute Gasteiger partial charge is 0.180 e. The summed E-state index contributed by atoms with van der Waals surface area (Å²) in [6.45, 7) is 6.88. The molecular weight excluding hydrogens is 248 g/mol. The maximum absolute atomic E-state index is 5.49. The third-order valence-electron chi connectivity index (χ3n) is 3.98. The van der Waals surface area contributed by atoms with E-state index < -0.39 is 0 Å². The van der Waals surface area contributed by atoms with Crippen LogP contribution in [0.3, 0.4) is 0 Å². The van der Waals surface area contributed by atoms with Crippen LogP contribution in [0.15, 0.2) is 29.8 Å². The van der Waals surface area contributed by atoms with Crippen molar-refractivity contribution >= 4 is 6.08 Å². The minimum absolute atomic E-state index is 0.243. The third-order valence-corrected chi connectivity index (χ3v) is 3.98. The van der Waals surface area contributed by atoms with E-state index in [0.717, 1.165) is 6.42 Å². The first-order valence-corrected chi connectivity index (χ1v) is 7.32. The van der Waals surface area contributed by atoms with Crippen LogP contribution < -0.4 is 0 Å². The molecule has 0 aromatic heterocycles. The summed E-state index contributed by atoms with van der Waals surface area (Å²) >= 11 is 0. The molecule has 110 valence electrons. The topological polar surface area (TPSA) is 18.5 Å². The second kappa shape index (κ2) is 6.11. The van der Waals surface area contributed by atoms with Crippen molar-refractivity contribution in [3.8, 4) is 0 Å². The highest BCUT2D eigenvalue weighted by Crippen LogP contribution is 2.43. The average Bonchev–Trinajstić information content (AvgIpc) is 2.75. The summed E-state index contributed by atoms with van der Waals surface area (Å²) in [7, 11) is 3.41. The molecule has 1 aliphatic carbocycles. The zero-order valence-corrected chi connectivity index (χ0v) is 13.3. The highest BCUT2D eigenvalue weighted by atomic mass is 16.7. The van der Waals surface area contributed by atoms with Crippen molar-refractivity contribution in [2.75, 3.05) is 14.2 Å². The Kier molecular flexibility index (Phi) is 4.66. The van der Waals surface area contributed by atoms with Crippen molar-refractivity contribution in [2.24, 2.45) is 5.41 Å². The van der Waals surface area contributed by atoms with Crippen molar-refractivity contribution in [2.45, 2.75) is 45.8 Å². The monoisotopic (exact) mass is 274 g/mol. The Labute approximate surface area is 122 Å². The van der Waals surface area contributed by atoms with Crippen molar-refractivity contribution in [3.05, 3.63) is 41.0 Å². The van der Waals surface area contributed by atoms with Crippen LogP contribution in [0, 0.1) is 5.41 Å². The predicted molar refractivity (Wildman–Crippen MR) is 83.7 cm³/mol. The second-order valence-electron chi connectivity index (χ2n) is 6.73. The zero-order chi connectivity index (χ0) is 14.8. The summed E-state index contributed by atoms with van der Waals surface area (Å²) in [4.78, 5) is 0. The minimum Gasteiger partial charge on any atom is -0.352 e. The summed E-state index contributed by atoms with van der Waals surface area (Å²) in [5.74, 6) is 0.412. The molecule has 1 unspecified atom stereocenters. The molecule has 0 bridgehead atoms. The summed E-state index contributed by atoms with van der Waals surface area (Å²) in [5.41, 5.74) is 4.31. The lowest BCUT2D eigenvalue weighted by atomic mass is 9.82. The normalized spacial score (nSPS) is 18.3. The van der Waals surface area contributed by atoms with Crippen molar-refractivity contribution in [1.29, 1.82) is 0 Å². The molecule has 1 aromatic carbocycles. The van der Waals surface area contributed by atoms with Crippen LogP contribution in [-0.2, 0) is 9.47 Å². The Hall–Kier alpha value is -1.12. The molecule has 1 atom stereocenters. The van der Waals surface area contributed by atoms with Gasteiger partial charge in [0.1, 0.15) is 0 Å². The lowest BCUT2D eigenvalue weighted by Gasteiger charge is -2.26. The first kappa shape index (κ1) is 15.3. The molecule has 0 fully saturated rings. The Balaban J connectivity index is 2.26. The van der Waals surface area contributed by atoms with Crippen LogP contribution in [0.5, 0.6) is 0 Å². The van der Waals surface area contributed by atoms with Gasteiger partial charge in [0.05, 0.1) is 0 Å². The van der Waals surface area contributed by atoms with Gasteiger partial charge in [-0.25, -0.2) is 0 Å². The van der Waals surface area contributed by atoms with Crippen molar-refractivity contribution < 1.29 is 9.47 Å². The van der Waals surface area contributed by atoms with E-state index in [-0.39, 0.29) is 6.29 Å². The van der Waals surface area contributed by atoms with Crippen LogP contribution in [0.4, 0.5) is 0 Å². The second-order valence-corrected chi connectivity index (χ2v) is 6.73. The number of fused-ring (bicyclic) bond motifs is 1. The van der Waals surface area contributed by atoms with Gasteiger partial charge in [-0.3, -0.25) is 0 Å². The molecule has 20 heavy (non-hydrogen) atoms. The van der Waals surface area contributed by atoms with Gasteiger partial charge < -0.3 is 9.47 Å². The fraction of sp³-hybridized carbons (Fsp3) is 0.556. The van der Waals surface area contributed by atoms with Gasteiger partial charge in [-0.05, 0) is 41.0 Å². The van der Waals surface area contributed by atoms with Crippen LogP contribution in [0.25, 0.3) is 6.08 Å². The third kappa shape index (κ3) is 3.31. The van der Waals surface area contributed by atoms with Gasteiger partial charge in [0.25, 0.3) is 0 Å². The van der Waals surface area contributed by atoms with Crippen LogP contribution in [0.1, 0.15) is 50.7 Å². The summed E-state index contributed by atoms with van der Waals surface area (Å²) in [5, 5.41) is 0. The van der Waals surface area contributed by atoms with E-state index in [1.807, 2.05) is 0 Å². The van der Waals surface area contributed by atoms with Gasteiger partial charge in [0, 0.05) is 20.1 Å². The van der Waals surface area contributed by atoms with Gasteiger partial charge in [-0.1, -0.05) is 45.0 Å². The van der Waals surface area contributed by atoms with Crippen LogP contribution in [-0.4, -0.2) is 20.5 Å². The standard InChI is InChI=1S/C18H26O2/c1-18(2,3)11-10-15-14-9-7-6-8-13(14)12-16(15)17(19-4)20-5/h6-9,12,15,17H,10-11H2,1-5H3. The highest BCUT2D eigenvalue weighted by Gasteiger charge is 2.31. The molecule has 1 aromatic rings. The number of rotatable bonds is 5. The molecule has 0 radical (unpaired) electrons. The Morgan fingerprint density at radius 2 is 1.75 bits per heavy atom. The highest BCUT2D eigenvalue weighted by molar-refractivity contribution is 5.67. The van der Waals surface area contributed by atoms with E-state index in [0.29, 0.717) is 11.3 Å². The molecule has 0 saturated carbocycles. The number of hydrogen-bond acceptors (Lipinski definition) is 2. The Morgan fingerprint density at radius 1 is 1.10 bits per heavy atom. The molecule has 0 amide bonds. The minimum atomic E-state index is -0.243. The maximum atomic E-state index is 5.49. The molecule has 1 aliphatic rings. The van der Waals surface area contributed by atoms with Gasteiger partial charge in [-0.2, -0.15) is 0 Å². The summed E-state index contributed by atoms with van der Waals surface area (Å²) in [6.07, 6.45) is 4.31. The van der Waals surface area contributed by atoms with E-state index in [2.05, 4.69) is 51.1 Å². The van der Waals surface area contributed by atoms with Gasteiger partial charge >= 0.3 is 0 Å². The summed E-state index contributed by atoms with van der Waals surface area (Å²) < 4.78 is 11.0. The fourth-order valence-electron chi connectivity index (χ4n) is 2.92. The number of hydrogen-bond donors (Lipinski definition) is 0. The Morgan fingerprint density at radius 3 is 2.35 bits per heavy atom. The van der Waals surface area contributed by atoms with Gasteiger partial charge in [0.2, 0.25) is 0 Å². The lowest BCUT2D eigenvalue weighted by Crippen LogP contribution is -2.20. The molecule has 0 saturated heterocycles. The molecule has 0 N–H and O–H groups in total. The Bertz CT molecular complexity index is 478. The van der Waals surface area contributed by atoms with E-state index in [1.165, 1.54) is 23.1 Å². The number of methoxy groups -OCH3 is 2. The van der Waals surface area contributed by atoms with E-state index in [4.69, 9.17) is 9.47 Å². The van der Waals surface area contributed by atoms with E-state index in [9.17, 15) is 0 Å². The van der Waals surface area contributed by atoms with Crippen molar-refractivity contribution in [1.82, 2.24) is 0 Å². The van der Waals surface area contributed by atoms with E-state index >= 15 is 0 Å². The molecule has 2 nitrogen and oxygen atoms in total. The molecule has 2 rings (SSSR count). The number of benzene rings is 1. The molecule has 0 spiro atoms. The first-order valence-electron chi connectivity index (χ1n) is 7.32. The fourth-order valence-corrected chi connectivity index (χ4v) is 2.92. The molecule has 0 aliphatic heterocycles. The first-order chi connectivity index (χ1) is 9.46. The number of ether oxygens (including phenoxy) is 2. The molecule has 0 heterocycles. The lowest BCUT2D eigenvalue weighted by molar-refractivity contribution is -0.0773. The van der Waals surface area contributed by atoms with Gasteiger partial charge in [0.15, 0.2) is 6.29 Å². The maximum Gasteiger partial charge on any atom is 0.180 e. The predicted octanol–water partition coefficient (Wildman–Crippen LogP) is 4.61. The average molecular weight is 274 g/mol. The largest absolute Gasteiger partial charge is 0.352 e. The quantitative estimate of drug-likeness (QED) is 0.730. The SMILES string of the molecule is COC(OC)C1=Cc2ccccc2C1CCC(C)(C)C. The molecular formula is C18H26O2.